The first-order valence-corrected chi connectivity index (χ1v) is 5.33. The summed E-state index contributed by atoms with van der Waals surface area (Å²) in [6.45, 7) is 1.92. The minimum atomic E-state index is -0.0899. The van der Waals surface area contributed by atoms with Crippen molar-refractivity contribution < 1.29 is 9.63 Å². The summed E-state index contributed by atoms with van der Waals surface area (Å²) in [5, 5.41) is 13.1. The van der Waals surface area contributed by atoms with E-state index < -0.39 is 0 Å². The predicted octanol–water partition coefficient (Wildman–Crippen LogP) is 2.90. The molecule has 0 radical (unpaired) electrons. The van der Waals surface area contributed by atoms with Crippen molar-refractivity contribution >= 4 is 15.9 Å². The molecule has 0 bridgehead atoms. The van der Waals surface area contributed by atoms with E-state index in [0.717, 1.165) is 11.1 Å². The first-order chi connectivity index (χ1) is 7.22. The Morgan fingerprint density at radius 3 is 2.93 bits per heavy atom. The molecule has 2 rings (SSSR count). The van der Waals surface area contributed by atoms with Crippen LogP contribution < -0.4 is 0 Å². The number of hydrogen-bond acceptors (Lipinski definition) is 3. The summed E-state index contributed by atoms with van der Waals surface area (Å²) in [6, 6.07) is 7.91. The molecule has 1 heterocycles. The van der Waals surface area contributed by atoms with E-state index >= 15 is 0 Å². The second-order valence-electron chi connectivity index (χ2n) is 3.31. The molecule has 4 heteroatoms. The summed E-state index contributed by atoms with van der Waals surface area (Å²) in [6.07, 6.45) is 0. The van der Waals surface area contributed by atoms with Gasteiger partial charge in [0.05, 0.1) is 12.2 Å². The van der Waals surface area contributed by atoms with Gasteiger partial charge in [0.2, 0.25) is 4.67 Å². The number of hydrogen-bond donors (Lipinski definition) is 1. The van der Waals surface area contributed by atoms with Crippen molar-refractivity contribution in [2.75, 3.05) is 0 Å². The van der Waals surface area contributed by atoms with Crippen LogP contribution in [0.25, 0.3) is 11.3 Å². The highest BCUT2D eigenvalue weighted by Crippen LogP contribution is 2.29. The maximum absolute atomic E-state index is 9.19. The average molecular weight is 268 g/mol. The van der Waals surface area contributed by atoms with Crippen molar-refractivity contribution in [1.29, 1.82) is 0 Å². The maximum Gasteiger partial charge on any atom is 0.208 e. The zero-order valence-corrected chi connectivity index (χ0v) is 9.78. The smallest absolute Gasteiger partial charge is 0.208 e. The molecular formula is C11H10BrNO2. The van der Waals surface area contributed by atoms with E-state index in [1.807, 2.05) is 31.2 Å². The molecule has 0 spiro atoms. The molecule has 0 aliphatic carbocycles. The molecule has 0 saturated carbocycles. The Kier molecular flexibility index (Phi) is 2.88. The lowest BCUT2D eigenvalue weighted by Crippen LogP contribution is -1.87. The fourth-order valence-electron chi connectivity index (χ4n) is 1.45. The normalized spacial score (nSPS) is 10.6. The zero-order chi connectivity index (χ0) is 10.8. The van der Waals surface area contributed by atoms with Gasteiger partial charge >= 0.3 is 0 Å². The number of nitrogens with zero attached hydrogens (tertiary/aromatic N) is 1. The molecule has 0 atom stereocenters. The standard InChI is InChI=1S/C11H10BrNO2/c1-7-3-2-4-8(5-7)10-9(6-14)11(12)15-13-10/h2-5,14H,6H2,1H3. The van der Waals surface area contributed by atoms with E-state index in [1.54, 1.807) is 0 Å². The van der Waals surface area contributed by atoms with E-state index in [9.17, 15) is 5.11 Å². The van der Waals surface area contributed by atoms with Crippen LogP contribution in [0.4, 0.5) is 0 Å². The molecule has 0 amide bonds. The number of aromatic nitrogens is 1. The predicted molar refractivity (Wildman–Crippen MR) is 60.3 cm³/mol. The van der Waals surface area contributed by atoms with Crippen molar-refractivity contribution in [3.8, 4) is 11.3 Å². The maximum atomic E-state index is 9.19. The van der Waals surface area contributed by atoms with Gasteiger partial charge in [0.25, 0.3) is 0 Å². The van der Waals surface area contributed by atoms with Crippen molar-refractivity contribution in [3.05, 3.63) is 40.1 Å². The third kappa shape index (κ3) is 1.96. The highest BCUT2D eigenvalue weighted by Gasteiger charge is 2.14. The van der Waals surface area contributed by atoms with Gasteiger partial charge in [-0.2, -0.15) is 0 Å². The molecule has 0 aliphatic heterocycles. The lowest BCUT2D eigenvalue weighted by molar-refractivity contribution is 0.278. The van der Waals surface area contributed by atoms with Crippen LogP contribution >= 0.6 is 15.9 Å². The van der Waals surface area contributed by atoms with Gasteiger partial charge in [-0.3, -0.25) is 0 Å². The van der Waals surface area contributed by atoms with Gasteiger partial charge in [-0.1, -0.05) is 28.9 Å². The number of aryl methyl sites for hydroxylation is 1. The molecule has 1 aromatic heterocycles. The third-order valence-electron chi connectivity index (χ3n) is 2.19. The van der Waals surface area contributed by atoms with Crippen molar-refractivity contribution in [2.45, 2.75) is 13.5 Å². The number of benzene rings is 1. The second-order valence-corrected chi connectivity index (χ2v) is 4.03. The topological polar surface area (TPSA) is 46.3 Å². The van der Waals surface area contributed by atoms with Gasteiger partial charge in [-0.25, -0.2) is 0 Å². The van der Waals surface area contributed by atoms with E-state index in [0.29, 0.717) is 15.9 Å². The fourth-order valence-corrected chi connectivity index (χ4v) is 1.83. The van der Waals surface area contributed by atoms with Crippen LogP contribution in [0.3, 0.4) is 0 Å². The highest BCUT2D eigenvalue weighted by molar-refractivity contribution is 9.10. The zero-order valence-electron chi connectivity index (χ0n) is 8.20. The first-order valence-electron chi connectivity index (χ1n) is 4.54. The first kappa shape index (κ1) is 10.4. The quantitative estimate of drug-likeness (QED) is 0.910. The number of rotatable bonds is 2. The molecule has 1 aromatic carbocycles. The van der Waals surface area contributed by atoms with Crippen LogP contribution in [0.1, 0.15) is 11.1 Å². The van der Waals surface area contributed by atoms with Gasteiger partial charge < -0.3 is 9.63 Å². The Hall–Kier alpha value is -1.13. The monoisotopic (exact) mass is 267 g/mol. The lowest BCUT2D eigenvalue weighted by atomic mass is 10.1. The van der Waals surface area contributed by atoms with Gasteiger partial charge in [-0.15, -0.1) is 0 Å². The van der Waals surface area contributed by atoms with Gasteiger partial charge in [-0.05, 0) is 28.9 Å². The summed E-state index contributed by atoms with van der Waals surface area (Å²) >= 11 is 3.20. The van der Waals surface area contributed by atoms with Crippen LogP contribution in [-0.4, -0.2) is 10.3 Å². The molecule has 2 aromatic rings. The number of aliphatic hydroxyl groups excluding tert-OH is 1. The summed E-state index contributed by atoms with van der Waals surface area (Å²) in [7, 11) is 0. The Bertz CT molecular complexity index is 479. The van der Waals surface area contributed by atoms with Gasteiger partial charge in [0.15, 0.2) is 0 Å². The van der Waals surface area contributed by atoms with Crippen LogP contribution in [-0.2, 0) is 6.61 Å². The Balaban J connectivity index is 2.54. The lowest BCUT2D eigenvalue weighted by Gasteiger charge is -1.99. The summed E-state index contributed by atoms with van der Waals surface area (Å²) in [5.41, 5.74) is 3.47. The van der Waals surface area contributed by atoms with Crippen molar-refractivity contribution in [3.63, 3.8) is 0 Å². The van der Waals surface area contributed by atoms with Crippen molar-refractivity contribution in [2.24, 2.45) is 0 Å². The minimum Gasteiger partial charge on any atom is -0.391 e. The second kappa shape index (κ2) is 4.16. The van der Waals surface area contributed by atoms with E-state index in [-0.39, 0.29) is 6.61 Å². The Morgan fingerprint density at radius 1 is 1.47 bits per heavy atom. The SMILES string of the molecule is Cc1cccc(-c2noc(Br)c2CO)c1. The molecule has 1 N–H and O–H groups in total. The summed E-state index contributed by atoms with van der Waals surface area (Å²) in [4.78, 5) is 0. The molecule has 0 fully saturated rings. The fraction of sp³-hybridized carbons (Fsp3) is 0.182. The van der Waals surface area contributed by atoms with Crippen LogP contribution in [0.2, 0.25) is 0 Å². The Morgan fingerprint density at radius 2 is 2.27 bits per heavy atom. The average Bonchev–Trinajstić information content (AvgIpc) is 2.59. The van der Waals surface area contributed by atoms with E-state index in [4.69, 9.17) is 4.52 Å². The van der Waals surface area contributed by atoms with Crippen molar-refractivity contribution in [1.82, 2.24) is 5.16 Å². The molecule has 0 saturated heterocycles. The largest absolute Gasteiger partial charge is 0.391 e. The number of aliphatic hydroxyl groups is 1. The van der Waals surface area contributed by atoms with Gasteiger partial charge in [0, 0.05) is 5.56 Å². The van der Waals surface area contributed by atoms with E-state index in [1.165, 1.54) is 0 Å². The number of halogens is 1. The van der Waals surface area contributed by atoms with Crippen LogP contribution in [0.5, 0.6) is 0 Å². The van der Waals surface area contributed by atoms with Crippen LogP contribution in [0, 0.1) is 6.92 Å². The van der Waals surface area contributed by atoms with Crippen LogP contribution in [0.15, 0.2) is 33.5 Å². The minimum absolute atomic E-state index is 0.0899. The Labute approximate surface area is 95.8 Å². The molecular weight excluding hydrogens is 258 g/mol. The van der Waals surface area contributed by atoms with E-state index in [2.05, 4.69) is 21.1 Å². The molecule has 3 nitrogen and oxygen atoms in total. The summed E-state index contributed by atoms with van der Waals surface area (Å²) in [5.74, 6) is 0. The molecule has 0 aliphatic rings. The molecule has 0 unspecified atom stereocenters. The third-order valence-corrected chi connectivity index (χ3v) is 2.81. The molecule has 15 heavy (non-hydrogen) atoms. The molecule has 78 valence electrons. The summed E-state index contributed by atoms with van der Waals surface area (Å²) < 4.78 is 5.47. The van der Waals surface area contributed by atoms with Gasteiger partial charge in [0.1, 0.15) is 5.69 Å². The highest BCUT2D eigenvalue weighted by atomic mass is 79.9.